The van der Waals surface area contributed by atoms with Crippen molar-refractivity contribution in [3.8, 4) is 34.1 Å². The molecule has 0 fully saturated rings. The summed E-state index contributed by atoms with van der Waals surface area (Å²) in [4.78, 5) is 0. The molecule has 0 N–H and O–H groups in total. The molecular formula is C32H18F9NO2S. The number of fused-ring (bicyclic) bond motifs is 6. The van der Waals surface area contributed by atoms with Crippen molar-refractivity contribution in [3.05, 3.63) is 89.5 Å². The zero-order valence-electron chi connectivity index (χ0n) is 23.0. The van der Waals surface area contributed by atoms with E-state index in [1.807, 2.05) is 13.8 Å². The third kappa shape index (κ3) is 4.44. The Hall–Kier alpha value is -4.31. The number of nitrogens with zero attached hydrogens (tertiary/aromatic N) is 1. The van der Waals surface area contributed by atoms with E-state index in [9.17, 15) is 44.8 Å². The molecule has 0 atom stereocenters. The van der Waals surface area contributed by atoms with Crippen molar-refractivity contribution in [1.29, 1.82) is 5.26 Å². The summed E-state index contributed by atoms with van der Waals surface area (Å²) in [6.07, 6.45) is -6.97. The lowest BCUT2D eigenvalue weighted by molar-refractivity contribution is -0.381. The SMILES string of the molecule is CC1(C)c2cc(C#N)ccc2-c2ccc(-c3ccc4c(oc5ccccc54)c3OSC(F)(F)C(F)(F)C(F)(F)C(F)(F)F)cc21. The number of rotatable bonds is 6. The van der Waals surface area contributed by atoms with Gasteiger partial charge in [0, 0.05) is 21.8 Å². The molecule has 1 heterocycles. The molecule has 1 aliphatic carbocycles. The van der Waals surface area contributed by atoms with E-state index < -0.39 is 46.5 Å². The Labute approximate surface area is 253 Å². The lowest BCUT2D eigenvalue weighted by atomic mass is 9.81. The highest BCUT2D eigenvalue weighted by Crippen LogP contribution is 2.58. The van der Waals surface area contributed by atoms with Crippen molar-refractivity contribution in [2.45, 2.75) is 42.5 Å². The van der Waals surface area contributed by atoms with E-state index in [1.165, 1.54) is 12.1 Å². The first kappa shape index (κ1) is 30.7. The van der Waals surface area contributed by atoms with Gasteiger partial charge in [0.15, 0.2) is 11.3 Å². The van der Waals surface area contributed by atoms with Gasteiger partial charge in [0.05, 0.1) is 11.6 Å². The van der Waals surface area contributed by atoms with E-state index in [0.717, 1.165) is 22.3 Å². The van der Waals surface area contributed by atoms with Gasteiger partial charge in [0.2, 0.25) is 0 Å². The number of hydrogen-bond donors (Lipinski definition) is 0. The number of hydrogen-bond acceptors (Lipinski definition) is 4. The number of furan rings is 1. The topological polar surface area (TPSA) is 46.2 Å². The molecule has 5 aromatic rings. The van der Waals surface area contributed by atoms with Crippen molar-refractivity contribution < 1.29 is 48.1 Å². The molecule has 232 valence electrons. The second-order valence-electron chi connectivity index (χ2n) is 11.0. The van der Waals surface area contributed by atoms with Gasteiger partial charge in [-0.05, 0) is 64.2 Å². The summed E-state index contributed by atoms with van der Waals surface area (Å²) in [5.41, 5.74) is 3.43. The highest BCUT2D eigenvalue weighted by molar-refractivity contribution is 7.96. The third-order valence-electron chi connectivity index (χ3n) is 7.96. The highest BCUT2D eigenvalue weighted by Gasteiger charge is 2.82. The van der Waals surface area contributed by atoms with E-state index in [2.05, 4.69) is 6.07 Å². The van der Waals surface area contributed by atoms with Gasteiger partial charge in [-0.3, -0.25) is 0 Å². The third-order valence-corrected chi connectivity index (χ3v) is 8.68. The molecule has 45 heavy (non-hydrogen) atoms. The molecule has 1 aromatic heterocycles. The van der Waals surface area contributed by atoms with Crippen LogP contribution in [0.1, 0.15) is 30.5 Å². The molecule has 3 nitrogen and oxygen atoms in total. The van der Waals surface area contributed by atoms with Crippen LogP contribution in [-0.4, -0.2) is 23.3 Å². The summed E-state index contributed by atoms with van der Waals surface area (Å²) in [5.74, 6) is -14.5. The van der Waals surface area contributed by atoms with Crippen molar-refractivity contribution in [2.75, 3.05) is 0 Å². The fourth-order valence-electron chi connectivity index (χ4n) is 5.56. The van der Waals surface area contributed by atoms with Gasteiger partial charge in [-0.15, -0.1) is 0 Å². The number of para-hydroxylation sites is 1. The molecule has 0 amide bonds. The predicted octanol–water partition coefficient (Wildman–Crippen LogP) is 10.9. The first-order valence-electron chi connectivity index (χ1n) is 13.1. The van der Waals surface area contributed by atoms with Gasteiger partial charge in [-0.2, -0.15) is 44.8 Å². The summed E-state index contributed by atoms with van der Waals surface area (Å²) in [6, 6.07) is 21.7. The van der Waals surface area contributed by atoms with Crippen LogP contribution in [0.2, 0.25) is 0 Å². The van der Waals surface area contributed by atoms with Gasteiger partial charge < -0.3 is 8.60 Å². The van der Waals surface area contributed by atoms with E-state index in [1.54, 1.807) is 60.7 Å². The van der Waals surface area contributed by atoms with Crippen LogP contribution in [0.4, 0.5) is 39.5 Å². The van der Waals surface area contributed by atoms with Crippen LogP contribution in [-0.2, 0) is 5.41 Å². The number of halogens is 9. The number of nitriles is 1. The highest BCUT2D eigenvalue weighted by atomic mass is 32.2. The predicted molar refractivity (Wildman–Crippen MR) is 151 cm³/mol. The first-order valence-corrected chi connectivity index (χ1v) is 13.9. The van der Waals surface area contributed by atoms with Crippen LogP contribution in [0.15, 0.2) is 77.2 Å². The molecule has 13 heteroatoms. The summed E-state index contributed by atoms with van der Waals surface area (Å²) < 4.78 is 134. The quantitative estimate of drug-likeness (QED) is 0.135. The van der Waals surface area contributed by atoms with Gasteiger partial charge in [0.25, 0.3) is 0 Å². The average molecular weight is 652 g/mol. The van der Waals surface area contributed by atoms with Crippen LogP contribution < -0.4 is 4.18 Å². The Bertz CT molecular complexity index is 2040. The summed E-state index contributed by atoms with van der Waals surface area (Å²) in [5, 5.41) is 4.11. The molecular weight excluding hydrogens is 633 g/mol. The maximum atomic E-state index is 14.6. The Morgan fingerprint density at radius 2 is 1.36 bits per heavy atom. The number of alkyl halides is 9. The Morgan fingerprint density at radius 1 is 0.733 bits per heavy atom. The largest absolute Gasteiger partial charge is 0.460 e. The van der Waals surface area contributed by atoms with E-state index >= 15 is 0 Å². The molecule has 1 aliphatic rings. The molecule has 0 saturated carbocycles. The van der Waals surface area contributed by atoms with Crippen LogP contribution >= 0.6 is 12.0 Å². The lowest BCUT2D eigenvalue weighted by Crippen LogP contribution is -2.59. The lowest BCUT2D eigenvalue weighted by Gasteiger charge is -2.32. The van der Waals surface area contributed by atoms with Crippen molar-refractivity contribution in [3.63, 3.8) is 0 Å². The summed E-state index contributed by atoms with van der Waals surface area (Å²) in [7, 11) is 0. The van der Waals surface area contributed by atoms with Crippen LogP contribution in [0.25, 0.3) is 44.2 Å². The maximum absolute atomic E-state index is 14.6. The van der Waals surface area contributed by atoms with Crippen LogP contribution in [0.3, 0.4) is 0 Å². The van der Waals surface area contributed by atoms with Crippen LogP contribution in [0, 0.1) is 11.3 Å². The smallest absolute Gasteiger partial charge is 0.452 e. The van der Waals surface area contributed by atoms with Crippen molar-refractivity contribution in [1.82, 2.24) is 0 Å². The molecule has 6 rings (SSSR count). The molecule has 0 radical (unpaired) electrons. The van der Waals surface area contributed by atoms with E-state index in [4.69, 9.17) is 8.60 Å². The van der Waals surface area contributed by atoms with Crippen molar-refractivity contribution in [2.24, 2.45) is 0 Å². The average Bonchev–Trinajstić information content (AvgIpc) is 3.47. The zero-order valence-corrected chi connectivity index (χ0v) is 23.8. The Balaban J connectivity index is 1.49. The zero-order chi connectivity index (χ0) is 32.7. The van der Waals surface area contributed by atoms with E-state index in [0.29, 0.717) is 21.9 Å². The summed E-state index contributed by atoms with van der Waals surface area (Å²) >= 11 is -1.52. The molecule has 0 unspecified atom stereocenters. The van der Waals surface area contributed by atoms with Gasteiger partial charge in [0.1, 0.15) is 17.6 Å². The van der Waals surface area contributed by atoms with Gasteiger partial charge in [-0.25, -0.2) is 0 Å². The minimum absolute atomic E-state index is 0.0167. The van der Waals surface area contributed by atoms with Crippen LogP contribution in [0.5, 0.6) is 5.75 Å². The Kier molecular flexibility index (Phi) is 6.72. The molecule has 0 aliphatic heterocycles. The second-order valence-corrected chi connectivity index (χ2v) is 11.9. The van der Waals surface area contributed by atoms with Crippen molar-refractivity contribution >= 4 is 34.0 Å². The monoisotopic (exact) mass is 651 g/mol. The minimum Gasteiger partial charge on any atom is -0.452 e. The fraction of sp³-hybridized carbons (Fsp3) is 0.219. The fourth-order valence-corrected chi connectivity index (χ4v) is 6.14. The van der Waals surface area contributed by atoms with E-state index in [-0.39, 0.29) is 16.7 Å². The Morgan fingerprint density at radius 3 is 2.02 bits per heavy atom. The molecule has 4 aromatic carbocycles. The minimum atomic E-state index is -7.07. The molecule has 0 spiro atoms. The maximum Gasteiger partial charge on any atom is 0.460 e. The van der Waals surface area contributed by atoms with Gasteiger partial charge >= 0.3 is 23.3 Å². The molecule has 0 bridgehead atoms. The normalized spacial score (nSPS) is 14.8. The van der Waals surface area contributed by atoms with Gasteiger partial charge in [-0.1, -0.05) is 50.2 Å². The molecule has 0 saturated heterocycles. The first-order chi connectivity index (χ1) is 20.9. The summed E-state index contributed by atoms with van der Waals surface area (Å²) in [6.45, 7) is 3.81. The number of benzene rings is 4. The second kappa shape index (κ2) is 9.84. The standard InChI is InChI=1S/C32H18F9NO2S/c1-28(2)23-13-16(15-42)7-9-19(23)20-10-8-17(14-24(20)28)18-11-12-22-21-5-3-4-6-25(21)43-26(22)27(18)44-45-32(40,41)30(35,36)29(33,34)31(37,38)39/h3-14H,1-2H3.